The number of benzene rings is 1. The van der Waals surface area contributed by atoms with Crippen LogP contribution in [-0.2, 0) is 16.6 Å². The van der Waals surface area contributed by atoms with E-state index in [2.05, 4.69) is 17.2 Å². The number of phenols is 1. The van der Waals surface area contributed by atoms with Gasteiger partial charge in [-0.15, -0.1) is 4.83 Å². The number of allylic oxidation sites excluding steroid dienone is 1. The van der Waals surface area contributed by atoms with E-state index in [1.807, 2.05) is 0 Å². The molecule has 5 nitrogen and oxygen atoms in total. The van der Waals surface area contributed by atoms with E-state index in [-0.39, 0.29) is 5.75 Å². The maximum absolute atomic E-state index is 11.8. The summed E-state index contributed by atoms with van der Waals surface area (Å²) in [5, 5.41) is 10.4. The van der Waals surface area contributed by atoms with Crippen LogP contribution in [0.5, 0.6) is 5.75 Å². The third-order valence-corrected chi connectivity index (χ3v) is 4.92. The van der Waals surface area contributed by atoms with Gasteiger partial charge >= 0.3 is 0 Å². The summed E-state index contributed by atoms with van der Waals surface area (Å²) in [5.41, 5.74) is 3.55. The van der Waals surface area contributed by atoms with Crippen molar-refractivity contribution in [3.63, 3.8) is 0 Å². The minimum Gasteiger partial charge on any atom is -0.508 e. The molecule has 0 heterocycles. The fourth-order valence-corrected chi connectivity index (χ4v) is 3.21. The highest BCUT2D eigenvalue weighted by molar-refractivity contribution is 7.92. The molecular formula is C19H32N2O3S. The zero-order chi connectivity index (χ0) is 18.4. The Morgan fingerprint density at radius 2 is 1.56 bits per heavy atom. The Morgan fingerprint density at radius 1 is 0.960 bits per heavy atom. The molecule has 0 atom stereocenters. The summed E-state index contributed by atoms with van der Waals surface area (Å²) in [5.74, 6) is 0.188. The summed E-state index contributed by atoms with van der Waals surface area (Å²) in [7, 11) is -3.46. The summed E-state index contributed by atoms with van der Waals surface area (Å²) in [6, 6.07) is 6.59. The fraction of sp³-hybridized carbons (Fsp3) is 0.579. The lowest BCUT2D eigenvalue weighted by atomic mass is 10.1. The second-order valence-electron chi connectivity index (χ2n) is 6.30. The van der Waals surface area contributed by atoms with Gasteiger partial charge in [0.1, 0.15) is 5.75 Å². The highest BCUT2D eigenvalue weighted by Crippen LogP contribution is 2.10. The average molecular weight is 369 g/mol. The van der Waals surface area contributed by atoms with Gasteiger partial charge in [-0.2, -0.15) is 0 Å². The molecule has 1 aromatic carbocycles. The molecule has 0 spiro atoms. The highest BCUT2D eigenvalue weighted by Gasteiger charge is 2.03. The van der Waals surface area contributed by atoms with Crippen molar-refractivity contribution in [1.82, 2.24) is 10.3 Å². The van der Waals surface area contributed by atoms with Gasteiger partial charge in [-0.25, -0.2) is 13.8 Å². The smallest absolute Gasteiger partial charge is 0.246 e. The monoisotopic (exact) mass is 368 g/mol. The first-order valence-corrected chi connectivity index (χ1v) is 10.8. The highest BCUT2D eigenvalue weighted by atomic mass is 32.2. The van der Waals surface area contributed by atoms with E-state index in [9.17, 15) is 13.5 Å². The Kier molecular flexibility index (Phi) is 11.2. The van der Waals surface area contributed by atoms with Gasteiger partial charge in [-0.3, -0.25) is 0 Å². The molecular weight excluding hydrogens is 336 g/mol. The molecule has 0 saturated heterocycles. The van der Waals surface area contributed by atoms with Crippen LogP contribution in [0, 0.1) is 0 Å². The second-order valence-corrected chi connectivity index (χ2v) is 7.87. The first kappa shape index (κ1) is 21.7. The van der Waals surface area contributed by atoms with Crippen molar-refractivity contribution in [3.8, 4) is 5.75 Å². The molecule has 0 aliphatic rings. The standard InChI is InChI=1S/C19H32N2O3S/c1-2-3-4-5-6-7-8-9-10-11-16-25(23,24)21-20-17-18-12-14-19(22)15-13-18/h11-16,20-22H,2-10,17H2,1H3. The largest absolute Gasteiger partial charge is 0.508 e. The van der Waals surface area contributed by atoms with Crippen molar-refractivity contribution < 1.29 is 13.5 Å². The van der Waals surface area contributed by atoms with Crippen molar-refractivity contribution in [2.45, 2.75) is 71.3 Å². The number of rotatable bonds is 14. The van der Waals surface area contributed by atoms with E-state index in [0.29, 0.717) is 6.54 Å². The summed E-state index contributed by atoms with van der Waals surface area (Å²) in [6.07, 6.45) is 12.4. The Hall–Kier alpha value is -1.37. The zero-order valence-electron chi connectivity index (χ0n) is 15.2. The molecule has 1 rings (SSSR count). The summed E-state index contributed by atoms with van der Waals surface area (Å²) >= 11 is 0. The van der Waals surface area contributed by atoms with Crippen molar-refractivity contribution in [2.24, 2.45) is 0 Å². The summed E-state index contributed by atoms with van der Waals surface area (Å²) in [4.78, 5) is 2.33. The molecule has 3 N–H and O–H groups in total. The molecule has 0 aliphatic carbocycles. The number of hydrazine groups is 1. The Balaban J connectivity index is 2.09. The average Bonchev–Trinajstić information content (AvgIpc) is 2.58. The third-order valence-electron chi connectivity index (χ3n) is 3.94. The number of aromatic hydroxyl groups is 1. The lowest BCUT2D eigenvalue weighted by Gasteiger charge is -2.05. The van der Waals surface area contributed by atoms with Crippen LogP contribution in [0.4, 0.5) is 0 Å². The Bertz CT molecular complexity index is 583. The Labute approximate surface area is 152 Å². The minimum absolute atomic E-state index is 0.188. The molecule has 142 valence electrons. The van der Waals surface area contributed by atoms with E-state index in [1.54, 1.807) is 30.3 Å². The maximum atomic E-state index is 11.8. The molecule has 0 radical (unpaired) electrons. The molecule has 0 aliphatic heterocycles. The van der Waals surface area contributed by atoms with E-state index in [1.165, 1.54) is 43.9 Å². The molecule has 0 aromatic heterocycles. The van der Waals surface area contributed by atoms with Crippen LogP contribution in [0.25, 0.3) is 0 Å². The van der Waals surface area contributed by atoms with Gasteiger partial charge in [0.25, 0.3) is 0 Å². The van der Waals surface area contributed by atoms with Gasteiger partial charge in [0.2, 0.25) is 10.0 Å². The van der Waals surface area contributed by atoms with Gasteiger partial charge in [-0.05, 0) is 30.5 Å². The lowest BCUT2D eigenvalue weighted by Crippen LogP contribution is -2.35. The molecule has 0 saturated carbocycles. The SMILES string of the molecule is CCCCCCCCCCC=CS(=O)(=O)NNCc1ccc(O)cc1. The number of hydrogen-bond acceptors (Lipinski definition) is 4. The zero-order valence-corrected chi connectivity index (χ0v) is 16.0. The van der Waals surface area contributed by atoms with Crippen LogP contribution in [-0.4, -0.2) is 13.5 Å². The molecule has 0 amide bonds. The molecule has 0 unspecified atom stereocenters. The number of sulfonamides is 1. The summed E-state index contributed by atoms with van der Waals surface area (Å²) < 4.78 is 23.6. The fourth-order valence-electron chi connectivity index (χ4n) is 2.48. The number of hydrogen-bond donors (Lipinski definition) is 3. The quantitative estimate of drug-likeness (QED) is 0.337. The van der Waals surface area contributed by atoms with Gasteiger partial charge in [0.05, 0.1) is 0 Å². The predicted molar refractivity (Wildman–Crippen MR) is 103 cm³/mol. The Morgan fingerprint density at radius 3 is 2.20 bits per heavy atom. The molecule has 0 bridgehead atoms. The normalized spacial score (nSPS) is 12.0. The van der Waals surface area contributed by atoms with Crippen molar-refractivity contribution in [1.29, 1.82) is 0 Å². The van der Waals surface area contributed by atoms with E-state index < -0.39 is 10.0 Å². The van der Waals surface area contributed by atoms with Crippen LogP contribution < -0.4 is 10.3 Å². The maximum Gasteiger partial charge on any atom is 0.246 e. The second kappa shape index (κ2) is 12.9. The number of unbranched alkanes of at least 4 members (excludes halogenated alkanes) is 8. The number of nitrogens with one attached hydrogen (secondary N) is 2. The molecule has 0 fully saturated rings. The predicted octanol–water partition coefficient (Wildman–Crippen LogP) is 4.36. The van der Waals surface area contributed by atoms with Gasteiger partial charge < -0.3 is 5.11 Å². The first-order chi connectivity index (χ1) is 12.0. The molecule has 25 heavy (non-hydrogen) atoms. The molecule has 6 heteroatoms. The number of phenolic OH excluding ortho intramolecular Hbond substituents is 1. The van der Waals surface area contributed by atoms with E-state index in [0.717, 1.165) is 24.8 Å². The van der Waals surface area contributed by atoms with Gasteiger partial charge in [-0.1, -0.05) is 70.1 Å². The van der Waals surface area contributed by atoms with Crippen LogP contribution >= 0.6 is 0 Å². The van der Waals surface area contributed by atoms with Crippen molar-refractivity contribution in [3.05, 3.63) is 41.3 Å². The van der Waals surface area contributed by atoms with Crippen LogP contribution in [0.3, 0.4) is 0 Å². The van der Waals surface area contributed by atoms with Crippen molar-refractivity contribution >= 4 is 10.0 Å². The van der Waals surface area contributed by atoms with Crippen LogP contribution in [0.2, 0.25) is 0 Å². The van der Waals surface area contributed by atoms with Crippen LogP contribution in [0.1, 0.15) is 70.3 Å². The lowest BCUT2D eigenvalue weighted by molar-refractivity contribution is 0.475. The molecule has 1 aromatic rings. The topological polar surface area (TPSA) is 78.4 Å². The van der Waals surface area contributed by atoms with Crippen LogP contribution in [0.15, 0.2) is 35.7 Å². The minimum atomic E-state index is -3.46. The van der Waals surface area contributed by atoms with Crippen molar-refractivity contribution in [2.75, 3.05) is 0 Å². The van der Waals surface area contributed by atoms with Gasteiger partial charge in [0, 0.05) is 12.0 Å². The van der Waals surface area contributed by atoms with E-state index >= 15 is 0 Å². The van der Waals surface area contributed by atoms with Gasteiger partial charge in [0.15, 0.2) is 0 Å². The summed E-state index contributed by atoms with van der Waals surface area (Å²) in [6.45, 7) is 2.57. The first-order valence-electron chi connectivity index (χ1n) is 9.22. The van der Waals surface area contributed by atoms with E-state index in [4.69, 9.17) is 0 Å². The third kappa shape index (κ3) is 11.8.